The molecule has 1 heterocycles. The number of ether oxygens (including phenoxy) is 3. The van der Waals surface area contributed by atoms with E-state index >= 15 is 0 Å². The van der Waals surface area contributed by atoms with Crippen LogP contribution >= 0.6 is 27.5 Å². The number of halogens is 2. The molecule has 0 aliphatic carbocycles. The third-order valence-electron chi connectivity index (χ3n) is 5.65. The number of amides is 4. The van der Waals surface area contributed by atoms with Gasteiger partial charge in [0.2, 0.25) is 5.91 Å². The van der Waals surface area contributed by atoms with E-state index in [1.54, 1.807) is 42.5 Å². The summed E-state index contributed by atoms with van der Waals surface area (Å²) >= 11 is 9.74. The summed E-state index contributed by atoms with van der Waals surface area (Å²) in [5.41, 5.74) is 1.82. The van der Waals surface area contributed by atoms with E-state index in [9.17, 15) is 14.4 Å². The van der Waals surface area contributed by atoms with Gasteiger partial charge in [0.05, 0.1) is 19.4 Å². The zero-order valence-electron chi connectivity index (χ0n) is 21.1. The van der Waals surface area contributed by atoms with Gasteiger partial charge in [-0.3, -0.25) is 9.59 Å². The van der Waals surface area contributed by atoms with Crippen molar-refractivity contribution < 1.29 is 28.6 Å². The highest BCUT2D eigenvalue weighted by Gasteiger charge is 2.35. The Labute approximate surface area is 238 Å². The molecule has 0 unspecified atom stereocenters. The molecule has 2 N–H and O–H groups in total. The van der Waals surface area contributed by atoms with E-state index in [0.717, 1.165) is 10.5 Å². The van der Waals surface area contributed by atoms with Gasteiger partial charge in [0, 0.05) is 15.1 Å². The van der Waals surface area contributed by atoms with Crippen LogP contribution in [0.3, 0.4) is 0 Å². The fourth-order valence-corrected chi connectivity index (χ4v) is 4.39. The SMILES string of the molecule is CCOc1cc(/C=C2/NC(=O)N(CC(=O)Nc3ccccc3OC)C2=O)c(Br)cc1OCc1ccccc1Cl. The predicted molar refractivity (Wildman–Crippen MR) is 151 cm³/mol. The molecule has 11 heteroatoms. The highest BCUT2D eigenvalue weighted by atomic mass is 79.9. The van der Waals surface area contributed by atoms with Crippen molar-refractivity contribution >= 4 is 57.1 Å². The number of imide groups is 1. The molecule has 0 atom stereocenters. The van der Waals surface area contributed by atoms with Crippen molar-refractivity contribution in [3.8, 4) is 17.2 Å². The molecule has 4 amide bonds. The number of rotatable bonds is 10. The Morgan fingerprint density at radius 1 is 1.05 bits per heavy atom. The minimum absolute atomic E-state index is 0.0120. The van der Waals surface area contributed by atoms with Crippen LogP contribution in [0, 0.1) is 0 Å². The molecule has 202 valence electrons. The number of carbonyl (C=O) groups is 3. The zero-order chi connectivity index (χ0) is 27.9. The molecule has 0 saturated carbocycles. The Hall–Kier alpha value is -4.02. The lowest BCUT2D eigenvalue weighted by molar-refractivity contribution is -0.127. The number of benzene rings is 3. The summed E-state index contributed by atoms with van der Waals surface area (Å²) < 4.78 is 17.5. The number of carbonyl (C=O) groups excluding carboxylic acids is 3. The number of hydrogen-bond acceptors (Lipinski definition) is 6. The van der Waals surface area contributed by atoms with Crippen molar-refractivity contribution in [2.75, 3.05) is 25.6 Å². The Morgan fingerprint density at radius 2 is 1.77 bits per heavy atom. The Balaban J connectivity index is 1.50. The first-order chi connectivity index (χ1) is 18.8. The average molecular weight is 615 g/mol. The fraction of sp³-hybridized carbons (Fsp3) is 0.179. The van der Waals surface area contributed by atoms with Crippen LogP contribution in [0.4, 0.5) is 10.5 Å². The number of urea groups is 1. The van der Waals surface area contributed by atoms with Crippen LogP contribution in [-0.2, 0) is 16.2 Å². The number of nitrogens with zero attached hydrogens (tertiary/aromatic N) is 1. The van der Waals surface area contributed by atoms with E-state index in [-0.39, 0.29) is 12.3 Å². The second-order valence-electron chi connectivity index (χ2n) is 8.26. The zero-order valence-corrected chi connectivity index (χ0v) is 23.5. The molecule has 4 rings (SSSR count). The first kappa shape index (κ1) is 28.0. The smallest absolute Gasteiger partial charge is 0.329 e. The van der Waals surface area contributed by atoms with E-state index in [0.29, 0.717) is 44.6 Å². The number of anilines is 1. The molecule has 39 heavy (non-hydrogen) atoms. The predicted octanol–water partition coefficient (Wildman–Crippen LogP) is 5.62. The molecule has 3 aromatic carbocycles. The fourth-order valence-electron chi connectivity index (χ4n) is 3.77. The van der Waals surface area contributed by atoms with Gasteiger partial charge in [0.1, 0.15) is 24.6 Å². The van der Waals surface area contributed by atoms with Crippen molar-refractivity contribution in [1.82, 2.24) is 10.2 Å². The first-order valence-corrected chi connectivity index (χ1v) is 13.1. The third kappa shape index (κ3) is 6.71. The lowest BCUT2D eigenvalue weighted by Crippen LogP contribution is -2.38. The van der Waals surface area contributed by atoms with Crippen LogP contribution in [0.5, 0.6) is 17.2 Å². The lowest BCUT2D eigenvalue weighted by atomic mass is 10.1. The van der Waals surface area contributed by atoms with Crippen molar-refractivity contribution in [1.29, 1.82) is 0 Å². The van der Waals surface area contributed by atoms with E-state index in [1.807, 2.05) is 25.1 Å². The standard InChI is InChI=1S/C28H25BrClN3O6/c1-3-38-24-13-18(19(29)14-25(24)39-16-17-8-4-5-9-20(17)30)12-22-27(35)33(28(36)32-22)15-26(34)31-21-10-6-7-11-23(21)37-2/h4-14H,3,15-16H2,1-2H3,(H,31,34)(H,32,36)/b22-12+. The largest absolute Gasteiger partial charge is 0.495 e. The van der Waals surface area contributed by atoms with E-state index in [2.05, 4.69) is 26.6 Å². The minimum Gasteiger partial charge on any atom is -0.495 e. The van der Waals surface area contributed by atoms with E-state index in [1.165, 1.54) is 13.2 Å². The van der Waals surface area contributed by atoms with Crippen LogP contribution in [-0.4, -0.2) is 43.0 Å². The van der Waals surface area contributed by atoms with E-state index < -0.39 is 24.4 Å². The molecule has 0 radical (unpaired) electrons. The van der Waals surface area contributed by atoms with Crippen molar-refractivity contribution in [2.45, 2.75) is 13.5 Å². The van der Waals surface area contributed by atoms with Crippen LogP contribution in [0.15, 0.2) is 70.8 Å². The average Bonchev–Trinajstić information content (AvgIpc) is 3.18. The highest BCUT2D eigenvalue weighted by molar-refractivity contribution is 9.10. The topological polar surface area (TPSA) is 106 Å². The molecule has 0 spiro atoms. The first-order valence-electron chi connectivity index (χ1n) is 11.9. The van der Waals surface area contributed by atoms with Crippen LogP contribution in [0.25, 0.3) is 6.08 Å². The maximum atomic E-state index is 13.0. The summed E-state index contributed by atoms with van der Waals surface area (Å²) in [5, 5.41) is 5.77. The summed E-state index contributed by atoms with van der Waals surface area (Å²) in [6.07, 6.45) is 1.50. The van der Waals surface area contributed by atoms with E-state index in [4.69, 9.17) is 25.8 Å². The molecule has 1 aliphatic rings. The van der Waals surface area contributed by atoms with Gasteiger partial charge in [0.25, 0.3) is 5.91 Å². The van der Waals surface area contributed by atoms with Gasteiger partial charge in [0.15, 0.2) is 11.5 Å². The van der Waals surface area contributed by atoms with Gasteiger partial charge >= 0.3 is 6.03 Å². The second kappa shape index (κ2) is 12.7. The summed E-state index contributed by atoms with van der Waals surface area (Å²) in [7, 11) is 1.48. The molecule has 9 nitrogen and oxygen atoms in total. The van der Waals surface area contributed by atoms with Gasteiger partial charge < -0.3 is 24.8 Å². The second-order valence-corrected chi connectivity index (χ2v) is 9.52. The Bertz CT molecular complexity index is 1440. The van der Waals surface area contributed by atoms with Gasteiger partial charge in [-0.15, -0.1) is 0 Å². The molecule has 1 fully saturated rings. The molecule has 0 aromatic heterocycles. The van der Waals surface area contributed by atoms with Crippen molar-refractivity contribution in [2.24, 2.45) is 0 Å². The Morgan fingerprint density at radius 3 is 2.51 bits per heavy atom. The van der Waals surface area contributed by atoms with Crippen molar-refractivity contribution in [3.63, 3.8) is 0 Å². The van der Waals surface area contributed by atoms with Gasteiger partial charge in [-0.25, -0.2) is 9.69 Å². The highest BCUT2D eigenvalue weighted by Crippen LogP contribution is 2.36. The van der Waals surface area contributed by atoms with Crippen LogP contribution < -0.4 is 24.8 Å². The molecule has 1 aliphatic heterocycles. The van der Waals surface area contributed by atoms with Gasteiger partial charge in [-0.05, 0) is 48.9 Å². The molecule has 0 bridgehead atoms. The van der Waals surface area contributed by atoms with Gasteiger partial charge in [-0.2, -0.15) is 0 Å². The monoisotopic (exact) mass is 613 g/mol. The number of hydrogen-bond donors (Lipinski definition) is 2. The molecular weight excluding hydrogens is 590 g/mol. The van der Waals surface area contributed by atoms with Crippen LogP contribution in [0.1, 0.15) is 18.1 Å². The summed E-state index contributed by atoms with van der Waals surface area (Å²) in [6, 6.07) is 16.9. The van der Waals surface area contributed by atoms with Gasteiger partial charge in [-0.1, -0.05) is 57.9 Å². The number of nitrogens with one attached hydrogen (secondary N) is 2. The molecular formula is C28H25BrClN3O6. The summed E-state index contributed by atoms with van der Waals surface area (Å²) in [4.78, 5) is 38.9. The number of para-hydroxylation sites is 2. The maximum absolute atomic E-state index is 13.0. The minimum atomic E-state index is -0.706. The third-order valence-corrected chi connectivity index (χ3v) is 6.70. The Kier molecular flexibility index (Phi) is 9.11. The molecule has 1 saturated heterocycles. The van der Waals surface area contributed by atoms with Crippen molar-refractivity contribution in [3.05, 3.63) is 87.0 Å². The quantitative estimate of drug-likeness (QED) is 0.227. The number of methoxy groups -OCH3 is 1. The summed E-state index contributed by atoms with van der Waals surface area (Å²) in [5.74, 6) is 0.188. The molecule has 3 aromatic rings. The maximum Gasteiger partial charge on any atom is 0.329 e. The summed E-state index contributed by atoms with van der Waals surface area (Å²) in [6.45, 7) is 1.98. The lowest BCUT2D eigenvalue weighted by Gasteiger charge is -2.15. The normalized spacial score (nSPS) is 13.8. The van der Waals surface area contributed by atoms with Crippen LogP contribution in [0.2, 0.25) is 5.02 Å².